The molecule has 6 heteroatoms. The third-order valence-corrected chi connectivity index (χ3v) is 3.82. The Morgan fingerprint density at radius 1 is 1.30 bits per heavy atom. The van der Waals surface area contributed by atoms with Crippen LogP contribution < -0.4 is 5.32 Å². The number of ether oxygens (including phenoxy) is 1. The molecule has 0 bridgehead atoms. The van der Waals surface area contributed by atoms with Crippen molar-refractivity contribution in [3.63, 3.8) is 0 Å². The minimum Gasteiger partial charge on any atom is -0.466 e. The quantitative estimate of drug-likeness (QED) is 0.493. The average molecular weight is 376 g/mol. The summed E-state index contributed by atoms with van der Waals surface area (Å²) in [6, 6.07) is 12.5. The number of carbonyl (C=O) groups is 1. The van der Waals surface area contributed by atoms with E-state index in [2.05, 4.69) is 26.0 Å². The van der Waals surface area contributed by atoms with Crippen LogP contribution in [-0.4, -0.2) is 20.9 Å². The van der Waals surface area contributed by atoms with E-state index in [4.69, 9.17) is 0 Å². The Morgan fingerprint density at radius 2 is 2.00 bits per heavy atom. The van der Waals surface area contributed by atoms with Crippen LogP contribution in [-0.2, 0) is 9.53 Å². The van der Waals surface area contributed by atoms with E-state index < -0.39 is 5.97 Å². The SMILES string of the molecule is BC(Nc1cc(F)cc(/C=C/C(=O)OC)c1)c1ccc(Br)cc1. The van der Waals surface area contributed by atoms with E-state index in [0.29, 0.717) is 11.3 Å². The number of rotatable bonds is 5. The Kier molecular flexibility index (Phi) is 5.99. The highest BCUT2D eigenvalue weighted by atomic mass is 79.9. The second-order valence-electron chi connectivity index (χ2n) is 5.05. The first kappa shape index (κ1) is 17.3. The smallest absolute Gasteiger partial charge is 0.330 e. The van der Waals surface area contributed by atoms with Crippen LogP contribution >= 0.6 is 15.9 Å². The number of nitrogens with one attached hydrogen (secondary N) is 1. The summed E-state index contributed by atoms with van der Waals surface area (Å²) in [5.74, 6) is -0.836. The zero-order valence-corrected chi connectivity index (χ0v) is 14.4. The topological polar surface area (TPSA) is 38.3 Å². The molecule has 0 aliphatic rings. The van der Waals surface area contributed by atoms with E-state index in [-0.39, 0.29) is 11.8 Å². The van der Waals surface area contributed by atoms with Crippen LogP contribution in [0.25, 0.3) is 6.08 Å². The molecule has 3 nitrogen and oxygen atoms in total. The summed E-state index contributed by atoms with van der Waals surface area (Å²) in [6.07, 6.45) is 2.78. The summed E-state index contributed by atoms with van der Waals surface area (Å²) in [6.45, 7) is 0. The molecule has 0 saturated carbocycles. The van der Waals surface area contributed by atoms with Crippen molar-refractivity contribution >= 4 is 41.5 Å². The summed E-state index contributed by atoms with van der Waals surface area (Å²) in [4.78, 5) is 11.1. The molecule has 0 fully saturated rings. The molecule has 0 saturated heterocycles. The maximum atomic E-state index is 13.7. The lowest BCUT2D eigenvalue weighted by molar-refractivity contribution is -0.134. The van der Waals surface area contributed by atoms with Gasteiger partial charge in [0.2, 0.25) is 0 Å². The summed E-state index contributed by atoms with van der Waals surface area (Å²) in [7, 11) is 3.29. The van der Waals surface area contributed by atoms with Crippen molar-refractivity contribution in [2.45, 2.75) is 5.94 Å². The highest BCUT2D eigenvalue weighted by Gasteiger charge is 2.07. The van der Waals surface area contributed by atoms with Crippen molar-refractivity contribution in [2.75, 3.05) is 12.4 Å². The Bertz CT molecular complexity index is 719. The molecule has 1 atom stereocenters. The van der Waals surface area contributed by atoms with E-state index in [9.17, 15) is 9.18 Å². The maximum absolute atomic E-state index is 13.7. The van der Waals surface area contributed by atoms with E-state index >= 15 is 0 Å². The molecule has 0 amide bonds. The number of hydrogen-bond donors (Lipinski definition) is 1. The molecule has 0 aromatic heterocycles. The molecular weight excluding hydrogens is 360 g/mol. The lowest BCUT2D eigenvalue weighted by Crippen LogP contribution is -2.10. The Balaban J connectivity index is 2.16. The number of benzene rings is 2. The van der Waals surface area contributed by atoms with Gasteiger partial charge >= 0.3 is 5.97 Å². The van der Waals surface area contributed by atoms with Gasteiger partial charge in [-0.05, 0) is 47.5 Å². The third kappa shape index (κ3) is 5.25. The predicted molar refractivity (Wildman–Crippen MR) is 96.5 cm³/mol. The van der Waals surface area contributed by atoms with Crippen LogP contribution in [0.15, 0.2) is 53.0 Å². The van der Waals surface area contributed by atoms with Crippen molar-refractivity contribution < 1.29 is 13.9 Å². The molecule has 1 unspecified atom stereocenters. The summed E-state index contributed by atoms with van der Waals surface area (Å²) >= 11 is 3.40. The van der Waals surface area contributed by atoms with E-state index in [0.717, 1.165) is 10.0 Å². The molecule has 0 spiro atoms. The van der Waals surface area contributed by atoms with Crippen LogP contribution in [0.3, 0.4) is 0 Å². The van der Waals surface area contributed by atoms with Gasteiger partial charge < -0.3 is 10.1 Å². The van der Waals surface area contributed by atoms with Gasteiger partial charge in [-0.15, -0.1) is 0 Å². The third-order valence-electron chi connectivity index (χ3n) is 3.29. The number of anilines is 1. The predicted octanol–water partition coefficient (Wildman–Crippen LogP) is 3.52. The molecule has 23 heavy (non-hydrogen) atoms. The number of methoxy groups -OCH3 is 1. The van der Waals surface area contributed by atoms with Crippen molar-refractivity contribution in [3.05, 3.63) is 70.0 Å². The summed E-state index contributed by atoms with van der Waals surface area (Å²) < 4.78 is 19.3. The fourth-order valence-corrected chi connectivity index (χ4v) is 2.37. The number of halogens is 2. The van der Waals surface area contributed by atoms with Gasteiger partial charge in [-0.3, -0.25) is 0 Å². The molecule has 1 N–H and O–H groups in total. The summed E-state index contributed by atoms with van der Waals surface area (Å²) in [5.41, 5.74) is 2.31. The second kappa shape index (κ2) is 7.97. The molecule has 0 radical (unpaired) electrons. The van der Waals surface area contributed by atoms with E-state index in [1.54, 1.807) is 6.07 Å². The largest absolute Gasteiger partial charge is 0.466 e. The molecule has 2 aromatic rings. The molecule has 0 aliphatic heterocycles. The van der Waals surface area contributed by atoms with Crippen LogP contribution in [0.2, 0.25) is 0 Å². The lowest BCUT2D eigenvalue weighted by Gasteiger charge is -2.16. The van der Waals surface area contributed by atoms with Gasteiger partial charge in [-0.1, -0.05) is 28.1 Å². The average Bonchev–Trinajstić information content (AvgIpc) is 2.52. The van der Waals surface area contributed by atoms with Gasteiger partial charge in [-0.25, -0.2) is 9.18 Å². The molecule has 118 valence electrons. The van der Waals surface area contributed by atoms with Crippen molar-refractivity contribution in [1.82, 2.24) is 0 Å². The van der Waals surface area contributed by atoms with E-state index in [1.165, 1.54) is 31.4 Å². The minimum absolute atomic E-state index is 0.0161. The van der Waals surface area contributed by atoms with Crippen molar-refractivity contribution in [1.29, 1.82) is 0 Å². The van der Waals surface area contributed by atoms with Crippen molar-refractivity contribution in [3.8, 4) is 0 Å². The highest BCUT2D eigenvalue weighted by molar-refractivity contribution is 9.10. The number of hydrogen-bond acceptors (Lipinski definition) is 3. The van der Waals surface area contributed by atoms with Gasteiger partial charge in [0.25, 0.3) is 0 Å². The zero-order chi connectivity index (χ0) is 16.8. The monoisotopic (exact) mass is 375 g/mol. The van der Waals surface area contributed by atoms with Gasteiger partial charge in [-0.2, -0.15) is 0 Å². The Hall–Kier alpha value is -2.08. The normalized spacial score (nSPS) is 12.1. The first-order chi connectivity index (χ1) is 11.0. The maximum Gasteiger partial charge on any atom is 0.330 e. The fraction of sp³-hybridized carbons (Fsp3) is 0.118. The van der Waals surface area contributed by atoms with Gasteiger partial charge in [0, 0.05) is 22.2 Å². The molecule has 2 aromatic carbocycles. The van der Waals surface area contributed by atoms with Crippen LogP contribution in [0.4, 0.5) is 10.1 Å². The molecular formula is C17H16BBrFNO2. The van der Waals surface area contributed by atoms with Crippen molar-refractivity contribution in [2.24, 2.45) is 0 Å². The van der Waals surface area contributed by atoms with Crippen LogP contribution in [0.5, 0.6) is 0 Å². The van der Waals surface area contributed by atoms with Crippen LogP contribution in [0, 0.1) is 5.82 Å². The highest BCUT2D eigenvalue weighted by Crippen LogP contribution is 2.21. The molecule has 0 aliphatic carbocycles. The van der Waals surface area contributed by atoms with Crippen LogP contribution in [0.1, 0.15) is 17.1 Å². The number of esters is 1. The first-order valence-corrected chi connectivity index (χ1v) is 7.86. The Labute approximate surface area is 144 Å². The Morgan fingerprint density at radius 3 is 2.65 bits per heavy atom. The standard InChI is InChI=1S/C17H16BBrFNO2/c1-23-16(22)7-2-11-8-14(20)10-15(9-11)21-17(18)12-3-5-13(19)6-4-12/h2-10,17,21H,18H2,1H3/b7-2+. The summed E-state index contributed by atoms with van der Waals surface area (Å²) in [5, 5.41) is 3.26. The van der Waals surface area contributed by atoms with E-state index in [1.807, 2.05) is 32.1 Å². The first-order valence-electron chi connectivity index (χ1n) is 7.06. The fourth-order valence-electron chi connectivity index (χ4n) is 2.11. The van der Waals surface area contributed by atoms with Gasteiger partial charge in [0.05, 0.1) is 7.11 Å². The number of carbonyl (C=O) groups excluding carboxylic acids is 1. The zero-order valence-electron chi connectivity index (χ0n) is 12.8. The lowest BCUT2D eigenvalue weighted by atomic mass is 9.88. The van der Waals surface area contributed by atoms with Gasteiger partial charge in [0.15, 0.2) is 0 Å². The van der Waals surface area contributed by atoms with Gasteiger partial charge in [0.1, 0.15) is 13.7 Å². The minimum atomic E-state index is -0.480. The molecule has 0 heterocycles. The molecule has 2 rings (SSSR count). The second-order valence-corrected chi connectivity index (χ2v) is 5.96.